The molecule has 0 aromatic heterocycles. The van der Waals surface area contributed by atoms with Crippen LogP contribution in [0.4, 0.5) is 0 Å². The topological polar surface area (TPSA) is 47.6 Å². The Balaban J connectivity index is 3.53. The third kappa shape index (κ3) is 2.23. The highest BCUT2D eigenvalue weighted by molar-refractivity contribution is 5.75. The molecule has 0 fully saturated rings. The van der Waals surface area contributed by atoms with Gasteiger partial charge >= 0.3 is 0 Å². The van der Waals surface area contributed by atoms with Crippen LogP contribution in [0.1, 0.15) is 13.3 Å². The maximum atomic E-state index is 4.88. The molecule has 2 N–H and O–H groups in total. The molecule has 0 atom stereocenters. The van der Waals surface area contributed by atoms with Crippen LogP contribution in [0.3, 0.4) is 0 Å². The molecule has 0 aliphatic rings. The van der Waals surface area contributed by atoms with E-state index in [4.69, 9.17) is 10.6 Å². The van der Waals surface area contributed by atoms with Crippen LogP contribution in [0.25, 0.3) is 0 Å². The van der Waals surface area contributed by atoms with E-state index in [1.54, 1.807) is 0 Å². The molecule has 0 spiro atoms. The van der Waals surface area contributed by atoms with Crippen molar-refractivity contribution in [2.75, 3.05) is 0 Å². The van der Waals surface area contributed by atoms with Gasteiger partial charge in [-0.2, -0.15) is 0 Å². The Labute approximate surface area is 48.8 Å². The number of nitrogens with two attached hydrogens (primary N) is 1. The molecule has 0 aromatic rings. The SMILES string of the molecule is C=CO/C(CC)=N\N. The lowest BCUT2D eigenvalue weighted by molar-refractivity contribution is 0.458. The van der Waals surface area contributed by atoms with Crippen molar-refractivity contribution in [2.45, 2.75) is 13.3 Å². The first kappa shape index (κ1) is 7.01. The second-order valence-electron chi connectivity index (χ2n) is 1.16. The van der Waals surface area contributed by atoms with Crippen LogP contribution in [-0.2, 0) is 4.74 Å². The van der Waals surface area contributed by atoms with E-state index in [9.17, 15) is 0 Å². The molecule has 46 valence electrons. The van der Waals surface area contributed by atoms with Gasteiger partial charge < -0.3 is 10.6 Å². The number of nitrogens with zero attached hydrogens (tertiary/aromatic N) is 1. The minimum Gasteiger partial charge on any atom is -0.450 e. The predicted octanol–water partition coefficient (Wildman–Crippen LogP) is 0.829. The minimum atomic E-state index is 0.500. The molecule has 0 saturated carbocycles. The first-order chi connectivity index (χ1) is 3.85. The summed E-state index contributed by atoms with van der Waals surface area (Å²) >= 11 is 0. The lowest BCUT2D eigenvalue weighted by Crippen LogP contribution is -2.00. The van der Waals surface area contributed by atoms with Gasteiger partial charge in [0.2, 0.25) is 5.90 Å². The van der Waals surface area contributed by atoms with E-state index < -0.39 is 0 Å². The Kier molecular flexibility index (Phi) is 3.66. The highest BCUT2D eigenvalue weighted by Crippen LogP contribution is 1.85. The van der Waals surface area contributed by atoms with Crippen molar-refractivity contribution in [3.63, 3.8) is 0 Å². The molecule has 0 rings (SSSR count). The smallest absolute Gasteiger partial charge is 0.210 e. The zero-order valence-electron chi connectivity index (χ0n) is 4.92. The molecule has 8 heavy (non-hydrogen) atoms. The third-order valence-corrected chi connectivity index (χ3v) is 0.666. The molecule has 3 nitrogen and oxygen atoms in total. The fraction of sp³-hybridized carbons (Fsp3) is 0.400. The lowest BCUT2D eigenvalue weighted by atomic mass is 10.5. The molecule has 0 aromatic carbocycles. The van der Waals surface area contributed by atoms with Gasteiger partial charge in [-0.15, -0.1) is 5.10 Å². The van der Waals surface area contributed by atoms with E-state index in [1.807, 2.05) is 6.92 Å². The molecule has 0 heterocycles. The Bertz CT molecular complexity index is 98.6. The summed E-state index contributed by atoms with van der Waals surface area (Å²) in [4.78, 5) is 0. The van der Waals surface area contributed by atoms with Crippen molar-refractivity contribution in [3.8, 4) is 0 Å². The van der Waals surface area contributed by atoms with Gasteiger partial charge in [0, 0.05) is 6.42 Å². The quantitative estimate of drug-likeness (QED) is 0.190. The van der Waals surface area contributed by atoms with Crippen LogP contribution in [0.5, 0.6) is 0 Å². The summed E-state index contributed by atoms with van der Waals surface area (Å²) in [7, 11) is 0. The van der Waals surface area contributed by atoms with Gasteiger partial charge in [-0.05, 0) is 0 Å². The Hall–Kier alpha value is -0.990. The first-order valence-corrected chi connectivity index (χ1v) is 2.39. The normalized spacial score (nSPS) is 10.9. The molecule has 0 bridgehead atoms. The lowest BCUT2D eigenvalue weighted by Gasteiger charge is -1.96. The number of rotatable bonds is 2. The van der Waals surface area contributed by atoms with Gasteiger partial charge in [-0.25, -0.2) is 0 Å². The van der Waals surface area contributed by atoms with Crippen molar-refractivity contribution in [1.29, 1.82) is 0 Å². The number of hydrogen-bond acceptors (Lipinski definition) is 3. The van der Waals surface area contributed by atoms with Crippen LogP contribution in [-0.4, -0.2) is 5.90 Å². The van der Waals surface area contributed by atoms with E-state index >= 15 is 0 Å². The summed E-state index contributed by atoms with van der Waals surface area (Å²) in [6, 6.07) is 0. The zero-order valence-corrected chi connectivity index (χ0v) is 4.92. The van der Waals surface area contributed by atoms with E-state index in [2.05, 4.69) is 11.7 Å². The highest BCUT2D eigenvalue weighted by Gasteiger charge is 1.88. The van der Waals surface area contributed by atoms with E-state index in [0.717, 1.165) is 0 Å². The van der Waals surface area contributed by atoms with Crippen molar-refractivity contribution in [3.05, 3.63) is 12.8 Å². The fourth-order valence-corrected chi connectivity index (χ4v) is 0.301. The molecular weight excluding hydrogens is 104 g/mol. The Morgan fingerprint density at radius 3 is 2.75 bits per heavy atom. The summed E-state index contributed by atoms with van der Waals surface area (Å²) < 4.78 is 4.73. The summed E-state index contributed by atoms with van der Waals surface area (Å²) in [5.41, 5.74) is 0. The largest absolute Gasteiger partial charge is 0.450 e. The summed E-state index contributed by atoms with van der Waals surface area (Å²) in [5.74, 6) is 5.38. The second-order valence-corrected chi connectivity index (χ2v) is 1.16. The molecule has 0 amide bonds. The van der Waals surface area contributed by atoms with E-state index in [1.165, 1.54) is 6.26 Å². The van der Waals surface area contributed by atoms with Crippen molar-refractivity contribution in [2.24, 2.45) is 10.9 Å². The number of ether oxygens (including phenoxy) is 1. The molecule has 0 saturated heterocycles. The highest BCUT2D eigenvalue weighted by atomic mass is 16.5. The van der Waals surface area contributed by atoms with Gasteiger partial charge in [0.05, 0.1) is 6.26 Å². The minimum absolute atomic E-state index is 0.500. The van der Waals surface area contributed by atoms with E-state index in [-0.39, 0.29) is 0 Å². The molecule has 0 aliphatic heterocycles. The molecular formula is C5H10N2O. The summed E-state index contributed by atoms with van der Waals surface area (Å²) in [6.07, 6.45) is 2.00. The molecule has 0 unspecified atom stereocenters. The molecule has 3 heteroatoms. The third-order valence-electron chi connectivity index (χ3n) is 0.666. The molecule has 0 radical (unpaired) electrons. The fourth-order valence-electron chi connectivity index (χ4n) is 0.301. The van der Waals surface area contributed by atoms with E-state index in [0.29, 0.717) is 12.3 Å². The zero-order chi connectivity index (χ0) is 6.41. The summed E-state index contributed by atoms with van der Waals surface area (Å²) in [5, 5.41) is 3.32. The van der Waals surface area contributed by atoms with Gasteiger partial charge in [-0.1, -0.05) is 13.5 Å². The van der Waals surface area contributed by atoms with Crippen LogP contribution in [0.2, 0.25) is 0 Å². The van der Waals surface area contributed by atoms with Crippen LogP contribution in [0.15, 0.2) is 17.9 Å². The second kappa shape index (κ2) is 4.18. The van der Waals surface area contributed by atoms with Crippen LogP contribution in [0, 0.1) is 0 Å². The van der Waals surface area contributed by atoms with Crippen LogP contribution >= 0.6 is 0 Å². The van der Waals surface area contributed by atoms with Gasteiger partial charge in [0.25, 0.3) is 0 Å². The maximum absolute atomic E-state index is 4.88. The van der Waals surface area contributed by atoms with Crippen molar-refractivity contribution < 1.29 is 4.74 Å². The van der Waals surface area contributed by atoms with Gasteiger partial charge in [0.1, 0.15) is 0 Å². The summed E-state index contributed by atoms with van der Waals surface area (Å²) in [6.45, 7) is 5.24. The van der Waals surface area contributed by atoms with Gasteiger partial charge in [0.15, 0.2) is 0 Å². The van der Waals surface area contributed by atoms with Crippen molar-refractivity contribution >= 4 is 5.90 Å². The standard InChI is InChI=1S/C5H10N2O/c1-3-5(7-6)8-4-2/h4H,2-3,6H2,1H3/b7-5-. The maximum Gasteiger partial charge on any atom is 0.210 e. The first-order valence-electron chi connectivity index (χ1n) is 2.39. The van der Waals surface area contributed by atoms with Crippen LogP contribution < -0.4 is 5.84 Å². The molecule has 0 aliphatic carbocycles. The number of hydrogen-bond donors (Lipinski definition) is 1. The Morgan fingerprint density at radius 1 is 2.00 bits per heavy atom. The monoisotopic (exact) mass is 114 g/mol. The van der Waals surface area contributed by atoms with Crippen molar-refractivity contribution in [1.82, 2.24) is 0 Å². The Morgan fingerprint density at radius 2 is 2.62 bits per heavy atom. The van der Waals surface area contributed by atoms with Gasteiger partial charge in [-0.3, -0.25) is 0 Å². The predicted molar refractivity (Wildman–Crippen MR) is 33.2 cm³/mol. The average Bonchev–Trinajstić information content (AvgIpc) is 1.83. The average molecular weight is 114 g/mol. The number of hydrazone groups is 1.